The third kappa shape index (κ3) is 3.68. The van der Waals surface area contributed by atoms with Crippen LogP contribution in [0.3, 0.4) is 0 Å². The summed E-state index contributed by atoms with van der Waals surface area (Å²) in [6.45, 7) is 2.21. The lowest BCUT2D eigenvalue weighted by atomic mass is 9.87. The first-order valence-electron chi connectivity index (χ1n) is 8.90. The maximum atomic E-state index is 12.8. The van der Waals surface area contributed by atoms with Crippen LogP contribution >= 0.6 is 0 Å². The molecule has 1 aliphatic rings. The summed E-state index contributed by atoms with van der Waals surface area (Å²) in [6, 6.07) is 7.04. The topological polar surface area (TPSA) is 99.1 Å². The summed E-state index contributed by atoms with van der Waals surface area (Å²) in [6.07, 6.45) is 1.13. The number of benzene rings is 1. The monoisotopic (exact) mass is 364 g/mol. The number of hydrogen-bond donors (Lipinski definition) is 3. The molecule has 1 saturated heterocycles. The van der Waals surface area contributed by atoms with Crippen molar-refractivity contribution in [1.29, 1.82) is 0 Å². The fourth-order valence-electron chi connectivity index (χ4n) is 3.85. The highest BCUT2D eigenvalue weighted by Crippen LogP contribution is 2.47. The van der Waals surface area contributed by atoms with E-state index in [1.54, 1.807) is 14.2 Å². The molecule has 3 atom stereocenters. The Kier molecular flexibility index (Phi) is 6.61. The van der Waals surface area contributed by atoms with Gasteiger partial charge in [0.25, 0.3) is 0 Å². The predicted molar refractivity (Wildman–Crippen MR) is 97.0 cm³/mol. The summed E-state index contributed by atoms with van der Waals surface area (Å²) in [5, 5.41) is 21.6. The Balaban J connectivity index is 2.37. The largest absolute Gasteiger partial charge is 0.497 e. The standard InChI is InChI=1S/C19H28N2O5/c1-4-19(18(24)25)12-15(17(23)20-10-5-11-22)16(21(19)2)13-6-8-14(26-3)9-7-13/h6-9,15-16,22H,4-5,10-12H2,1-3H3,(H,20,23)(H,24,25)/t15-,16-,19-/m1/s1. The maximum Gasteiger partial charge on any atom is 0.324 e. The number of aliphatic carboxylic acids is 1. The Morgan fingerprint density at radius 2 is 2.00 bits per heavy atom. The summed E-state index contributed by atoms with van der Waals surface area (Å²) >= 11 is 0. The number of aliphatic hydroxyl groups excluding tert-OH is 1. The van der Waals surface area contributed by atoms with Crippen LogP contribution in [0.5, 0.6) is 5.75 Å². The lowest BCUT2D eigenvalue weighted by molar-refractivity contribution is -0.150. The summed E-state index contributed by atoms with van der Waals surface area (Å²) < 4.78 is 5.19. The number of ether oxygens (including phenoxy) is 1. The number of likely N-dealkylation sites (N-methyl/N-ethyl adjacent to an activating group) is 1. The van der Waals surface area contributed by atoms with E-state index in [0.29, 0.717) is 25.1 Å². The first-order valence-corrected chi connectivity index (χ1v) is 8.90. The molecule has 1 aromatic carbocycles. The molecule has 1 heterocycles. The van der Waals surface area contributed by atoms with Crippen LogP contribution in [0, 0.1) is 5.92 Å². The molecule has 1 fully saturated rings. The second-order valence-corrected chi connectivity index (χ2v) is 6.70. The van der Waals surface area contributed by atoms with Gasteiger partial charge in [0.1, 0.15) is 11.3 Å². The first-order chi connectivity index (χ1) is 12.4. The van der Waals surface area contributed by atoms with E-state index in [-0.39, 0.29) is 25.0 Å². The molecular formula is C19H28N2O5. The van der Waals surface area contributed by atoms with E-state index < -0.39 is 17.4 Å². The van der Waals surface area contributed by atoms with Crippen LogP contribution < -0.4 is 10.1 Å². The second-order valence-electron chi connectivity index (χ2n) is 6.70. The van der Waals surface area contributed by atoms with Gasteiger partial charge in [-0.15, -0.1) is 0 Å². The minimum absolute atomic E-state index is 0.000775. The highest BCUT2D eigenvalue weighted by Gasteiger charge is 2.56. The van der Waals surface area contributed by atoms with E-state index in [0.717, 1.165) is 5.56 Å². The van der Waals surface area contributed by atoms with E-state index in [2.05, 4.69) is 5.32 Å². The fraction of sp³-hybridized carbons (Fsp3) is 0.579. The number of nitrogens with one attached hydrogen (secondary N) is 1. The molecule has 144 valence electrons. The van der Waals surface area contributed by atoms with Gasteiger partial charge in [0.05, 0.1) is 13.0 Å². The number of carboxylic acid groups (broad SMARTS) is 1. The van der Waals surface area contributed by atoms with E-state index in [1.807, 2.05) is 36.1 Å². The van der Waals surface area contributed by atoms with Crippen LogP contribution in [0.25, 0.3) is 0 Å². The van der Waals surface area contributed by atoms with E-state index in [1.165, 1.54) is 0 Å². The van der Waals surface area contributed by atoms with Crippen molar-refractivity contribution in [3.05, 3.63) is 29.8 Å². The van der Waals surface area contributed by atoms with Crippen molar-refractivity contribution in [3.63, 3.8) is 0 Å². The van der Waals surface area contributed by atoms with Crippen LogP contribution in [0.2, 0.25) is 0 Å². The zero-order chi connectivity index (χ0) is 19.3. The van der Waals surface area contributed by atoms with Gasteiger partial charge in [0.2, 0.25) is 5.91 Å². The van der Waals surface area contributed by atoms with Gasteiger partial charge in [0.15, 0.2) is 0 Å². The molecule has 0 spiro atoms. The quantitative estimate of drug-likeness (QED) is 0.604. The number of rotatable bonds is 8. The highest BCUT2D eigenvalue weighted by molar-refractivity contribution is 5.85. The van der Waals surface area contributed by atoms with E-state index in [9.17, 15) is 14.7 Å². The third-order valence-corrected chi connectivity index (χ3v) is 5.44. The number of carbonyl (C=O) groups is 2. The second kappa shape index (κ2) is 8.51. The zero-order valence-electron chi connectivity index (χ0n) is 15.6. The smallest absolute Gasteiger partial charge is 0.324 e. The molecule has 0 radical (unpaired) electrons. The van der Waals surface area contributed by atoms with Gasteiger partial charge in [-0.1, -0.05) is 19.1 Å². The van der Waals surface area contributed by atoms with E-state index in [4.69, 9.17) is 9.84 Å². The Bertz CT molecular complexity index is 633. The van der Waals surface area contributed by atoms with Crippen molar-refractivity contribution in [2.45, 2.75) is 37.8 Å². The van der Waals surface area contributed by atoms with E-state index >= 15 is 0 Å². The van der Waals surface area contributed by atoms with Crippen molar-refractivity contribution >= 4 is 11.9 Å². The van der Waals surface area contributed by atoms with Gasteiger partial charge in [-0.3, -0.25) is 14.5 Å². The van der Waals surface area contributed by atoms with Gasteiger partial charge in [-0.05, 0) is 44.0 Å². The molecule has 7 heteroatoms. The summed E-state index contributed by atoms with van der Waals surface area (Å²) in [5.74, 6) is -0.865. The normalized spacial score (nSPS) is 25.8. The van der Waals surface area contributed by atoms with Gasteiger partial charge in [0, 0.05) is 19.2 Å². The summed E-state index contributed by atoms with van der Waals surface area (Å²) in [5.41, 5.74) is -0.198. The Hall–Kier alpha value is -2.12. The molecule has 1 aliphatic heterocycles. The molecule has 0 aliphatic carbocycles. The Labute approximate surface area is 154 Å². The number of aliphatic hydroxyl groups is 1. The Morgan fingerprint density at radius 1 is 1.35 bits per heavy atom. The van der Waals surface area contributed by atoms with Crippen LogP contribution in [-0.4, -0.2) is 59.8 Å². The van der Waals surface area contributed by atoms with Crippen LogP contribution in [0.15, 0.2) is 24.3 Å². The molecule has 26 heavy (non-hydrogen) atoms. The third-order valence-electron chi connectivity index (χ3n) is 5.44. The van der Waals surface area contributed by atoms with Crippen molar-refractivity contribution in [1.82, 2.24) is 10.2 Å². The fourth-order valence-corrected chi connectivity index (χ4v) is 3.85. The number of nitrogens with zero attached hydrogens (tertiary/aromatic N) is 1. The zero-order valence-corrected chi connectivity index (χ0v) is 15.6. The van der Waals surface area contributed by atoms with Crippen molar-refractivity contribution in [3.8, 4) is 5.75 Å². The van der Waals surface area contributed by atoms with Gasteiger partial charge >= 0.3 is 5.97 Å². The molecule has 0 aromatic heterocycles. The number of amides is 1. The molecule has 0 unspecified atom stereocenters. The lowest BCUT2D eigenvalue weighted by Gasteiger charge is -2.34. The Morgan fingerprint density at radius 3 is 2.50 bits per heavy atom. The molecule has 3 N–H and O–H groups in total. The average Bonchev–Trinajstić information content (AvgIpc) is 2.95. The van der Waals surface area contributed by atoms with Gasteiger partial charge in [-0.2, -0.15) is 0 Å². The van der Waals surface area contributed by atoms with Crippen molar-refractivity contribution in [2.75, 3.05) is 27.3 Å². The highest BCUT2D eigenvalue weighted by atomic mass is 16.5. The maximum absolute atomic E-state index is 12.8. The molecule has 0 saturated carbocycles. The molecule has 1 amide bonds. The number of carboxylic acids is 1. The average molecular weight is 364 g/mol. The SMILES string of the molecule is CC[C@]1(C(=O)O)C[C@@H](C(=O)NCCCO)[C@@H](c2ccc(OC)cc2)N1C. The summed E-state index contributed by atoms with van der Waals surface area (Å²) in [7, 11) is 3.36. The van der Waals surface area contributed by atoms with Crippen LogP contribution in [0.1, 0.15) is 37.8 Å². The van der Waals surface area contributed by atoms with Crippen LogP contribution in [0.4, 0.5) is 0 Å². The molecule has 2 rings (SSSR count). The first kappa shape index (κ1) is 20.2. The minimum atomic E-state index is -1.08. The number of hydrogen-bond acceptors (Lipinski definition) is 5. The number of likely N-dealkylation sites (tertiary alicyclic amines) is 1. The number of carbonyl (C=O) groups excluding carboxylic acids is 1. The minimum Gasteiger partial charge on any atom is -0.497 e. The van der Waals surface area contributed by atoms with Gasteiger partial charge < -0.3 is 20.3 Å². The predicted octanol–water partition coefficient (Wildman–Crippen LogP) is 1.42. The molecule has 1 aromatic rings. The molecule has 7 nitrogen and oxygen atoms in total. The van der Waals surface area contributed by atoms with Crippen molar-refractivity contribution in [2.24, 2.45) is 5.92 Å². The summed E-state index contributed by atoms with van der Waals surface area (Å²) in [4.78, 5) is 26.6. The lowest BCUT2D eigenvalue weighted by Crippen LogP contribution is -2.48. The molecular weight excluding hydrogens is 336 g/mol. The van der Waals surface area contributed by atoms with Gasteiger partial charge in [-0.25, -0.2) is 0 Å². The molecule has 0 bridgehead atoms. The van der Waals surface area contributed by atoms with Crippen LogP contribution in [-0.2, 0) is 9.59 Å². The van der Waals surface area contributed by atoms with Crippen molar-refractivity contribution < 1.29 is 24.5 Å². The number of methoxy groups -OCH3 is 1.